The van der Waals surface area contributed by atoms with Gasteiger partial charge in [0.05, 0.1) is 5.56 Å². The lowest BCUT2D eigenvalue weighted by molar-refractivity contribution is -0.276. The normalized spacial score (nSPS) is 11.9. The van der Waals surface area contributed by atoms with Gasteiger partial charge in [-0.05, 0) is 22.0 Å². The average molecular weight is 308 g/mol. The molecule has 16 heavy (non-hydrogen) atoms. The Hall–Kier alpha value is -1.12. The monoisotopic (exact) mass is 307 g/mol. The number of nitrogens with zero attached hydrogens (tertiary/aromatic N) is 1. The summed E-state index contributed by atoms with van der Waals surface area (Å²) in [6.45, 7) is 0. The second-order valence-corrected chi connectivity index (χ2v) is 3.29. The van der Waals surface area contributed by atoms with Gasteiger partial charge in [0.15, 0.2) is 5.75 Å². The predicted molar refractivity (Wildman–Crippen MR) is 45.2 cm³/mol. The Labute approximate surface area is 94.0 Å². The molecule has 0 aromatic carbocycles. The first-order chi connectivity index (χ1) is 7.20. The van der Waals surface area contributed by atoms with Crippen LogP contribution in [0.25, 0.3) is 0 Å². The van der Waals surface area contributed by atoms with E-state index in [-0.39, 0.29) is 0 Å². The highest BCUT2D eigenvalue weighted by atomic mass is 79.9. The number of aromatic nitrogens is 1. The van der Waals surface area contributed by atoms with Crippen LogP contribution in [0, 0.1) is 0 Å². The molecule has 0 aliphatic heterocycles. The summed E-state index contributed by atoms with van der Waals surface area (Å²) >= 11 is 2.54. The Morgan fingerprint density at radius 1 is 1.38 bits per heavy atom. The van der Waals surface area contributed by atoms with Crippen molar-refractivity contribution in [2.75, 3.05) is 0 Å². The number of hydrogen-bond acceptors (Lipinski definition) is 3. The maximum absolute atomic E-state index is 12.2. The largest absolute Gasteiger partial charge is 0.574 e. The van der Waals surface area contributed by atoms with Crippen LogP contribution in [0.5, 0.6) is 11.6 Å². The Morgan fingerprint density at radius 3 is 2.38 bits per heavy atom. The number of rotatable bonds is 2. The number of halogens is 6. The Balaban J connectivity index is 3.11. The van der Waals surface area contributed by atoms with Gasteiger partial charge >= 0.3 is 6.36 Å². The van der Waals surface area contributed by atoms with E-state index in [0.29, 0.717) is 6.07 Å². The first-order valence-corrected chi connectivity index (χ1v) is 4.43. The van der Waals surface area contributed by atoms with E-state index in [1.807, 2.05) is 0 Å². The zero-order valence-electron chi connectivity index (χ0n) is 7.23. The van der Waals surface area contributed by atoms with Gasteiger partial charge < -0.3 is 9.84 Å². The van der Waals surface area contributed by atoms with E-state index in [2.05, 4.69) is 25.7 Å². The lowest BCUT2D eigenvalue weighted by Crippen LogP contribution is -2.18. The zero-order chi connectivity index (χ0) is 12.5. The minimum atomic E-state index is -5.06. The molecule has 0 saturated carbocycles. The highest BCUT2D eigenvalue weighted by Gasteiger charge is 2.33. The number of aromatic hydroxyl groups is 1. The van der Waals surface area contributed by atoms with Crippen LogP contribution in [-0.2, 0) is 0 Å². The van der Waals surface area contributed by atoms with Gasteiger partial charge in [-0.15, -0.1) is 13.2 Å². The van der Waals surface area contributed by atoms with E-state index in [9.17, 15) is 22.0 Å². The summed E-state index contributed by atoms with van der Waals surface area (Å²) in [7, 11) is 0. The number of hydrogen-bond donors (Lipinski definition) is 1. The third kappa shape index (κ3) is 3.19. The van der Waals surface area contributed by atoms with Crippen LogP contribution in [0.3, 0.4) is 0 Å². The average Bonchev–Trinajstić information content (AvgIpc) is 2.07. The molecule has 1 N–H and O–H groups in total. The van der Waals surface area contributed by atoms with E-state index in [1.165, 1.54) is 0 Å². The van der Waals surface area contributed by atoms with Crippen molar-refractivity contribution in [2.24, 2.45) is 0 Å². The third-order valence-electron chi connectivity index (χ3n) is 1.40. The molecule has 1 rings (SSSR count). The van der Waals surface area contributed by atoms with Gasteiger partial charge in [0.2, 0.25) is 0 Å². The van der Waals surface area contributed by atoms with Crippen molar-refractivity contribution < 1.29 is 31.8 Å². The van der Waals surface area contributed by atoms with Gasteiger partial charge in [0.25, 0.3) is 12.3 Å². The molecule has 0 atom stereocenters. The number of ether oxygens (including phenoxy) is 1. The van der Waals surface area contributed by atoms with E-state index in [4.69, 9.17) is 5.11 Å². The van der Waals surface area contributed by atoms with E-state index >= 15 is 0 Å². The number of pyridine rings is 1. The Morgan fingerprint density at radius 2 is 1.94 bits per heavy atom. The maximum Gasteiger partial charge on any atom is 0.574 e. The lowest BCUT2D eigenvalue weighted by atomic mass is 10.3. The summed E-state index contributed by atoms with van der Waals surface area (Å²) in [5, 5.41) is 8.99. The van der Waals surface area contributed by atoms with Crippen LogP contribution in [0.15, 0.2) is 10.7 Å². The van der Waals surface area contributed by atoms with Crippen molar-refractivity contribution in [3.63, 3.8) is 0 Å². The molecule has 9 heteroatoms. The van der Waals surface area contributed by atoms with Crippen LogP contribution in [0.2, 0.25) is 0 Å². The van der Waals surface area contributed by atoms with Crippen LogP contribution in [0.1, 0.15) is 12.0 Å². The Kier molecular flexibility index (Phi) is 3.56. The van der Waals surface area contributed by atoms with Gasteiger partial charge in [-0.25, -0.2) is 13.8 Å². The van der Waals surface area contributed by atoms with Crippen molar-refractivity contribution >= 4 is 15.9 Å². The molecule has 90 valence electrons. The van der Waals surface area contributed by atoms with Crippen molar-refractivity contribution in [1.29, 1.82) is 0 Å². The molecule has 0 spiro atoms. The lowest BCUT2D eigenvalue weighted by Gasteiger charge is -2.11. The number of alkyl halides is 5. The van der Waals surface area contributed by atoms with Gasteiger partial charge in [-0.2, -0.15) is 0 Å². The molecule has 1 aromatic heterocycles. The van der Waals surface area contributed by atoms with Crippen molar-refractivity contribution in [3.8, 4) is 11.6 Å². The second kappa shape index (κ2) is 4.40. The molecule has 0 radical (unpaired) electrons. The predicted octanol–water partition coefficient (Wildman–Crippen LogP) is 3.39. The van der Waals surface area contributed by atoms with Crippen LogP contribution in [0.4, 0.5) is 22.0 Å². The molecule has 1 heterocycles. The van der Waals surface area contributed by atoms with Crippen molar-refractivity contribution in [2.45, 2.75) is 12.8 Å². The summed E-state index contributed by atoms with van der Waals surface area (Å²) < 4.78 is 62.6. The van der Waals surface area contributed by atoms with E-state index in [0.717, 1.165) is 0 Å². The summed E-state index contributed by atoms with van der Waals surface area (Å²) in [4.78, 5) is 3.02. The first kappa shape index (κ1) is 12.9. The minimum Gasteiger partial charge on any atom is -0.503 e. The van der Waals surface area contributed by atoms with Crippen LogP contribution in [-0.4, -0.2) is 16.5 Å². The second-order valence-electron chi connectivity index (χ2n) is 2.54. The quantitative estimate of drug-likeness (QED) is 0.673. The smallest absolute Gasteiger partial charge is 0.503 e. The van der Waals surface area contributed by atoms with E-state index in [1.54, 1.807) is 0 Å². The highest BCUT2D eigenvalue weighted by Crippen LogP contribution is 2.36. The van der Waals surface area contributed by atoms with Crippen molar-refractivity contribution in [1.82, 2.24) is 4.98 Å². The van der Waals surface area contributed by atoms with Gasteiger partial charge in [0, 0.05) is 0 Å². The van der Waals surface area contributed by atoms with Gasteiger partial charge in [0.1, 0.15) is 4.60 Å². The molecule has 0 saturated heterocycles. The van der Waals surface area contributed by atoms with E-state index < -0.39 is 34.6 Å². The van der Waals surface area contributed by atoms with Crippen molar-refractivity contribution in [3.05, 3.63) is 16.2 Å². The molecular weight excluding hydrogens is 305 g/mol. The third-order valence-corrected chi connectivity index (χ3v) is 2.03. The summed E-state index contributed by atoms with van der Waals surface area (Å²) in [5.74, 6) is -2.31. The summed E-state index contributed by atoms with van der Waals surface area (Å²) in [6.07, 6.45) is -8.04. The van der Waals surface area contributed by atoms with Crippen LogP contribution < -0.4 is 4.74 Å². The maximum atomic E-state index is 12.2. The standard InChI is InChI=1S/C7H3BrF5NO2/c8-4-2(5(9)10)1-3(15)6(14-4)16-7(11,12)13/h1,5,15H. The molecule has 1 aromatic rings. The fourth-order valence-electron chi connectivity index (χ4n) is 0.817. The molecule has 0 bridgehead atoms. The molecule has 0 unspecified atom stereocenters. The molecular formula is C7H3BrF5NO2. The molecule has 0 fully saturated rings. The van der Waals surface area contributed by atoms with Gasteiger partial charge in [-0.3, -0.25) is 0 Å². The fraction of sp³-hybridized carbons (Fsp3) is 0.286. The zero-order valence-corrected chi connectivity index (χ0v) is 8.81. The first-order valence-electron chi connectivity index (χ1n) is 3.64. The minimum absolute atomic E-state index is 0.447. The summed E-state index contributed by atoms with van der Waals surface area (Å²) in [5.41, 5.74) is -0.730. The highest BCUT2D eigenvalue weighted by molar-refractivity contribution is 9.10. The van der Waals surface area contributed by atoms with Gasteiger partial charge in [-0.1, -0.05) is 0 Å². The fourth-order valence-corrected chi connectivity index (χ4v) is 1.27. The van der Waals surface area contributed by atoms with Crippen LogP contribution >= 0.6 is 15.9 Å². The Bertz CT molecular complexity index is 395. The SMILES string of the molecule is Oc1cc(C(F)F)c(Br)nc1OC(F)(F)F. The topological polar surface area (TPSA) is 42.4 Å². The molecule has 3 nitrogen and oxygen atoms in total. The molecule has 0 aliphatic rings. The molecule has 0 aliphatic carbocycles. The molecule has 0 amide bonds. The summed E-state index contributed by atoms with van der Waals surface area (Å²) in [6, 6.07) is 0.447.